The average molecular weight is 407 g/mol. The predicted octanol–water partition coefficient (Wildman–Crippen LogP) is 2.02. The van der Waals surface area contributed by atoms with E-state index < -0.39 is 11.9 Å². The van der Waals surface area contributed by atoms with Crippen LogP contribution in [0.5, 0.6) is 0 Å². The maximum Gasteiger partial charge on any atom is 0.254 e. The number of aliphatic hydroxyl groups is 1. The maximum atomic E-state index is 12.4. The Balaban J connectivity index is 1.80. The van der Waals surface area contributed by atoms with Crippen molar-refractivity contribution in [1.29, 1.82) is 0 Å². The number of nitrogens with two attached hydrogens (primary N) is 2. The molecule has 1 aromatic heterocycles. The first-order chi connectivity index (χ1) is 14.3. The number of aliphatic hydroxyl groups excluding tert-OH is 1. The van der Waals surface area contributed by atoms with E-state index in [1.54, 1.807) is 25.1 Å². The Morgan fingerprint density at radius 3 is 2.43 bits per heavy atom. The van der Waals surface area contributed by atoms with Gasteiger partial charge in [0.2, 0.25) is 0 Å². The molecule has 0 saturated heterocycles. The van der Waals surface area contributed by atoms with Crippen LogP contribution in [0, 0.1) is 6.92 Å². The molecule has 0 aliphatic rings. The number of nitrogens with one attached hydrogen (secondary N) is 1. The summed E-state index contributed by atoms with van der Waals surface area (Å²) in [4.78, 5) is 24.3. The molecule has 0 radical (unpaired) electrons. The van der Waals surface area contributed by atoms with Gasteiger partial charge in [0.15, 0.2) is 0 Å². The summed E-state index contributed by atoms with van der Waals surface area (Å²) in [5.74, 6) is -0.709. The van der Waals surface area contributed by atoms with E-state index in [2.05, 4.69) is 10.4 Å². The molecule has 0 bridgehead atoms. The van der Waals surface area contributed by atoms with Crippen molar-refractivity contribution in [2.45, 2.75) is 26.4 Å². The second-order valence-electron chi connectivity index (χ2n) is 7.14. The lowest BCUT2D eigenvalue weighted by Crippen LogP contribution is -2.23. The van der Waals surface area contributed by atoms with E-state index in [9.17, 15) is 14.7 Å². The van der Waals surface area contributed by atoms with Crippen molar-refractivity contribution in [2.24, 2.45) is 5.73 Å². The van der Waals surface area contributed by atoms with Crippen LogP contribution < -0.4 is 16.8 Å². The number of anilines is 1. The Morgan fingerprint density at radius 1 is 1.17 bits per heavy atom. The quantitative estimate of drug-likeness (QED) is 0.475. The number of amides is 2. The minimum Gasteiger partial charge on any atom is -0.394 e. The van der Waals surface area contributed by atoms with Crippen LogP contribution in [0.2, 0.25) is 0 Å². The van der Waals surface area contributed by atoms with Gasteiger partial charge in [-0.25, -0.2) is 4.68 Å². The molecule has 3 aromatic rings. The molecule has 8 nitrogen and oxygen atoms in total. The van der Waals surface area contributed by atoms with Crippen LogP contribution in [0.25, 0.3) is 11.3 Å². The van der Waals surface area contributed by atoms with Crippen LogP contribution in [0.4, 0.5) is 5.82 Å². The van der Waals surface area contributed by atoms with Gasteiger partial charge in [-0.05, 0) is 31.0 Å². The van der Waals surface area contributed by atoms with E-state index in [0.29, 0.717) is 23.4 Å². The van der Waals surface area contributed by atoms with Gasteiger partial charge < -0.3 is 21.9 Å². The Bertz CT molecular complexity index is 1070. The van der Waals surface area contributed by atoms with Crippen molar-refractivity contribution >= 4 is 17.6 Å². The van der Waals surface area contributed by atoms with Gasteiger partial charge in [-0.3, -0.25) is 9.59 Å². The highest BCUT2D eigenvalue weighted by Gasteiger charge is 2.23. The number of aromatic nitrogens is 2. The van der Waals surface area contributed by atoms with Gasteiger partial charge in [-0.2, -0.15) is 5.10 Å². The number of hydrogen-bond donors (Lipinski definition) is 4. The third-order valence-electron chi connectivity index (χ3n) is 4.95. The third-order valence-corrected chi connectivity index (χ3v) is 4.95. The van der Waals surface area contributed by atoms with Gasteiger partial charge in [0.25, 0.3) is 11.8 Å². The Hall–Kier alpha value is -3.65. The normalized spacial score (nSPS) is 11.8. The van der Waals surface area contributed by atoms with E-state index in [-0.39, 0.29) is 23.9 Å². The highest BCUT2D eigenvalue weighted by molar-refractivity contribution is 6.03. The summed E-state index contributed by atoms with van der Waals surface area (Å²) in [7, 11) is 0. The zero-order valence-corrected chi connectivity index (χ0v) is 16.9. The predicted molar refractivity (Wildman–Crippen MR) is 115 cm³/mol. The Morgan fingerprint density at radius 2 is 1.83 bits per heavy atom. The number of hydrogen-bond acceptors (Lipinski definition) is 5. The molecule has 0 saturated carbocycles. The molecule has 0 aliphatic carbocycles. The first-order valence-electron chi connectivity index (χ1n) is 9.55. The fourth-order valence-electron chi connectivity index (χ4n) is 3.19. The molecule has 156 valence electrons. The molecule has 0 aliphatic heterocycles. The molecule has 0 fully saturated rings. The van der Waals surface area contributed by atoms with E-state index in [1.807, 2.05) is 37.3 Å². The Labute approximate surface area is 174 Å². The molecule has 8 heteroatoms. The fourth-order valence-corrected chi connectivity index (χ4v) is 3.19. The van der Waals surface area contributed by atoms with Gasteiger partial charge >= 0.3 is 0 Å². The topological polar surface area (TPSA) is 136 Å². The highest BCUT2D eigenvalue weighted by atomic mass is 16.3. The van der Waals surface area contributed by atoms with E-state index in [0.717, 1.165) is 11.1 Å². The van der Waals surface area contributed by atoms with Gasteiger partial charge in [-0.1, -0.05) is 42.5 Å². The third kappa shape index (κ3) is 4.18. The molecule has 6 N–H and O–H groups in total. The minimum atomic E-state index is -0.687. The molecule has 1 unspecified atom stereocenters. The number of primary amides is 1. The second kappa shape index (κ2) is 8.79. The van der Waals surface area contributed by atoms with E-state index in [1.165, 1.54) is 4.68 Å². The van der Waals surface area contributed by atoms with E-state index in [4.69, 9.17) is 11.5 Å². The lowest BCUT2D eigenvalue weighted by molar-refractivity contribution is 0.0949. The van der Waals surface area contributed by atoms with Gasteiger partial charge in [0.05, 0.1) is 12.6 Å². The zero-order chi connectivity index (χ0) is 21.8. The summed E-state index contributed by atoms with van der Waals surface area (Å²) >= 11 is 0. The molecule has 30 heavy (non-hydrogen) atoms. The zero-order valence-electron chi connectivity index (χ0n) is 16.9. The SMILES string of the molecule is Cc1ccccc1C(=O)NCc1ccc(-c2nn(C(C)CO)c(N)c2C(N)=O)cc1. The molecule has 3 rings (SSSR count). The maximum absolute atomic E-state index is 12.4. The number of carbonyl (C=O) groups excluding carboxylic acids is 2. The number of nitrogens with zero attached hydrogens (tertiary/aromatic N) is 2. The Kier molecular flexibility index (Phi) is 6.17. The molecule has 2 amide bonds. The molecule has 2 aromatic carbocycles. The standard InChI is InChI=1S/C22H25N5O3/c1-13-5-3-4-6-17(13)22(30)25-11-15-7-9-16(10-8-15)19-18(21(24)29)20(23)27(26-19)14(2)12-28/h3-10,14,28H,11-12,23H2,1-2H3,(H2,24,29)(H,25,30). The molecular weight excluding hydrogens is 382 g/mol. The van der Waals surface area contributed by atoms with Crippen molar-refractivity contribution in [3.05, 3.63) is 70.8 Å². The number of carbonyl (C=O) groups is 2. The summed E-state index contributed by atoms with van der Waals surface area (Å²) in [5.41, 5.74) is 15.1. The first-order valence-corrected chi connectivity index (χ1v) is 9.55. The van der Waals surface area contributed by atoms with Crippen LogP contribution in [-0.2, 0) is 6.54 Å². The van der Waals surface area contributed by atoms with Crippen LogP contribution in [0.1, 0.15) is 44.8 Å². The number of aryl methyl sites for hydroxylation is 1. The van der Waals surface area contributed by atoms with Crippen molar-refractivity contribution in [3.8, 4) is 11.3 Å². The molecular formula is C22H25N5O3. The lowest BCUT2D eigenvalue weighted by atomic mass is 10.0. The smallest absolute Gasteiger partial charge is 0.254 e. The number of benzene rings is 2. The largest absolute Gasteiger partial charge is 0.394 e. The van der Waals surface area contributed by atoms with Crippen molar-refractivity contribution in [1.82, 2.24) is 15.1 Å². The van der Waals surface area contributed by atoms with Crippen molar-refractivity contribution in [3.63, 3.8) is 0 Å². The van der Waals surface area contributed by atoms with Crippen LogP contribution in [0.15, 0.2) is 48.5 Å². The van der Waals surface area contributed by atoms with Gasteiger partial charge in [0.1, 0.15) is 17.1 Å². The summed E-state index contributed by atoms with van der Waals surface area (Å²) in [6.07, 6.45) is 0. The minimum absolute atomic E-state index is 0.119. The second-order valence-corrected chi connectivity index (χ2v) is 7.14. The summed E-state index contributed by atoms with van der Waals surface area (Å²) < 4.78 is 1.39. The van der Waals surface area contributed by atoms with E-state index >= 15 is 0 Å². The van der Waals surface area contributed by atoms with Crippen molar-refractivity contribution < 1.29 is 14.7 Å². The lowest BCUT2D eigenvalue weighted by Gasteiger charge is -2.10. The van der Waals surface area contributed by atoms with Crippen LogP contribution >= 0.6 is 0 Å². The monoisotopic (exact) mass is 407 g/mol. The summed E-state index contributed by atoms with van der Waals surface area (Å²) in [6, 6.07) is 14.2. The van der Waals surface area contributed by atoms with Crippen LogP contribution in [0.3, 0.4) is 0 Å². The van der Waals surface area contributed by atoms with Crippen molar-refractivity contribution in [2.75, 3.05) is 12.3 Å². The number of nitrogen functional groups attached to an aromatic ring is 1. The van der Waals surface area contributed by atoms with Crippen LogP contribution in [-0.4, -0.2) is 33.3 Å². The summed E-state index contributed by atoms with van der Waals surface area (Å²) in [6.45, 7) is 3.80. The fraction of sp³-hybridized carbons (Fsp3) is 0.227. The number of rotatable bonds is 7. The molecule has 1 atom stereocenters. The first kappa shape index (κ1) is 21.1. The highest BCUT2D eigenvalue weighted by Crippen LogP contribution is 2.29. The molecule has 0 spiro atoms. The molecule has 1 heterocycles. The van der Waals surface area contributed by atoms with Gasteiger partial charge in [-0.15, -0.1) is 0 Å². The summed E-state index contributed by atoms with van der Waals surface area (Å²) in [5, 5.41) is 16.7. The van der Waals surface area contributed by atoms with Gasteiger partial charge in [0, 0.05) is 17.7 Å². The average Bonchev–Trinajstić information content (AvgIpc) is 3.09.